The maximum absolute atomic E-state index is 12.7. The number of halogens is 1. The SMILES string of the molecule is COC(=O)[C@@H](c1ccccc1Cl)N1CCN(C(=O)C2CCCCC2)CC1. The Labute approximate surface area is 160 Å². The molecule has 0 spiro atoms. The molecule has 1 aromatic rings. The van der Waals surface area contributed by atoms with Gasteiger partial charge < -0.3 is 9.64 Å². The molecule has 142 valence electrons. The van der Waals surface area contributed by atoms with Crippen LogP contribution in [0.5, 0.6) is 0 Å². The highest BCUT2D eigenvalue weighted by Crippen LogP contribution is 2.30. The fourth-order valence-electron chi connectivity index (χ4n) is 4.09. The molecule has 2 aliphatic rings. The number of carbonyl (C=O) groups is 2. The number of hydrogen-bond donors (Lipinski definition) is 0. The van der Waals surface area contributed by atoms with Gasteiger partial charge in [0, 0.05) is 37.1 Å². The van der Waals surface area contributed by atoms with Crippen LogP contribution in [0.4, 0.5) is 0 Å². The highest BCUT2D eigenvalue weighted by molar-refractivity contribution is 6.31. The number of piperazine rings is 1. The molecular weight excluding hydrogens is 352 g/mol. The van der Waals surface area contributed by atoms with Gasteiger partial charge in [-0.3, -0.25) is 9.69 Å². The average Bonchev–Trinajstić information content (AvgIpc) is 2.70. The summed E-state index contributed by atoms with van der Waals surface area (Å²) >= 11 is 6.32. The lowest BCUT2D eigenvalue weighted by atomic mass is 9.88. The van der Waals surface area contributed by atoms with Crippen LogP contribution in [0.3, 0.4) is 0 Å². The number of carbonyl (C=O) groups excluding carboxylic acids is 2. The Morgan fingerprint density at radius 2 is 1.73 bits per heavy atom. The van der Waals surface area contributed by atoms with E-state index in [4.69, 9.17) is 16.3 Å². The van der Waals surface area contributed by atoms with E-state index in [1.165, 1.54) is 13.5 Å². The fraction of sp³-hybridized carbons (Fsp3) is 0.600. The first kappa shape index (κ1) is 19.2. The van der Waals surface area contributed by atoms with E-state index < -0.39 is 6.04 Å². The minimum absolute atomic E-state index is 0.190. The van der Waals surface area contributed by atoms with Crippen LogP contribution in [0.1, 0.15) is 43.7 Å². The van der Waals surface area contributed by atoms with Crippen molar-refractivity contribution in [1.29, 1.82) is 0 Å². The molecule has 1 amide bonds. The van der Waals surface area contributed by atoms with E-state index in [-0.39, 0.29) is 17.8 Å². The smallest absolute Gasteiger partial charge is 0.327 e. The average molecular weight is 379 g/mol. The van der Waals surface area contributed by atoms with Gasteiger partial charge in [0.1, 0.15) is 6.04 Å². The third-order valence-electron chi connectivity index (χ3n) is 5.57. The van der Waals surface area contributed by atoms with Crippen LogP contribution in [-0.4, -0.2) is 55.0 Å². The minimum atomic E-state index is -0.527. The van der Waals surface area contributed by atoms with Crippen LogP contribution in [-0.2, 0) is 14.3 Å². The molecule has 5 nitrogen and oxygen atoms in total. The molecule has 0 N–H and O–H groups in total. The predicted molar refractivity (Wildman–Crippen MR) is 101 cm³/mol. The monoisotopic (exact) mass is 378 g/mol. The summed E-state index contributed by atoms with van der Waals surface area (Å²) < 4.78 is 5.02. The first-order valence-electron chi connectivity index (χ1n) is 9.47. The van der Waals surface area contributed by atoms with Gasteiger partial charge in [-0.2, -0.15) is 0 Å². The van der Waals surface area contributed by atoms with Crippen molar-refractivity contribution in [2.45, 2.75) is 38.1 Å². The van der Waals surface area contributed by atoms with Crippen molar-refractivity contribution in [3.05, 3.63) is 34.9 Å². The van der Waals surface area contributed by atoms with Crippen molar-refractivity contribution in [3.63, 3.8) is 0 Å². The van der Waals surface area contributed by atoms with Crippen molar-refractivity contribution in [3.8, 4) is 0 Å². The van der Waals surface area contributed by atoms with Crippen molar-refractivity contribution < 1.29 is 14.3 Å². The highest BCUT2D eigenvalue weighted by Gasteiger charge is 2.35. The van der Waals surface area contributed by atoms with Gasteiger partial charge in [0.25, 0.3) is 0 Å². The predicted octanol–water partition coefficient (Wildman–Crippen LogP) is 3.28. The largest absolute Gasteiger partial charge is 0.468 e. The lowest BCUT2D eigenvalue weighted by Crippen LogP contribution is -2.52. The summed E-state index contributed by atoms with van der Waals surface area (Å²) in [5.74, 6) is 0.164. The fourth-order valence-corrected chi connectivity index (χ4v) is 4.33. The second-order valence-corrected chi connectivity index (χ2v) is 7.55. The number of nitrogens with zero attached hydrogens (tertiary/aromatic N) is 2. The Morgan fingerprint density at radius 1 is 1.08 bits per heavy atom. The Balaban J connectivity index is 1.67. The second-order valence-electron chi connectivity index (χ2n) is 7.14. The molecule has 1 atom stereocenters. The van der Waals surface area contributed by atoms with E-state index in [0.717, 1.165) is 31.2 Å². The first-order chi connectivity index (χ1) is 12.6. The molecule has 1 aliphatic carbocycles. The minimum Gasteiger partial charge on any atom is -0.468 e. The van der Waals surface area contributed by atoms with E-state index in [2.05, 4.69) is 4.90 Å². The van der Waals surface area contributed by atoms with E-state index in [1.54, 1.807) is 6.07 Å². The third-order valence-corrected chi connectivity index (χ3v) is 5.91. The normalized spacial score (nSPS) is 20.6. The Morgan fingerprint density at radius 3 is 2.35 bits per heavy atom. The van der Waals surface area contributed by atoms with Gasteiger partial charge >= 0.3 is 5.97 Å². The number of rotatable bonds is 4. The zero-order chi connectivity index (χ0) is 18.5. The van der Waals surface area contributed by atoms with Gasteiger partial charge in [0.15, 0.2) is 0 Å². The zero-order valence-electron chi connectivity index (χ0n) is 15.3. The van der Waals surface area contributed by atoms with Gasteiger partial charge in [-0.05, 0) is 24.5 Å². The molecule has 3 rings (SSSR count). The molecular formula is C20H27ClN2O3. The molecule has 2 fully saturated rings. The van der Waals surface area contributed by atoms with Crippen LogP contribution in [0.15, 0.2) is 24.3 Å². The summed E-state index contributed by atoms with van der Waals surface area (Å²) in [4.78, 5) is 29.2. The van der Waals surface area contributed by atoms with Gasteiger partial charge in [-0.25, -0.2) is 4.79 Å². The lowest BCUT2D eigenvalue weighted by Gasteiger charge is -2.40. The van der Waals surface area contributed by atoms with E-state index in [1.807, 2.05) is 23.1 Å². The summed E-state index contributed by atoms with van der Waals surface area (Å²) in [7, 11) is 1.40. The van der Waals surface area contributed by atoms with E-state index >= 15 is 0 Å². The molecule has 0 bridgehead atoms. The molecule has 1 aliphatic heterocycles. The number of benzene rings is 1. The highest BCUT2D eigenvalue weighted by atomic mass is 35.5. The van der Waals surface area contributed by atoms with Crippen molar-refractivity contribution in [2.75, 3.05) is 33.3 Å². The van der Waals surface area contributed by atoms with Gasteiger partial charge in [0.2, 0.25) is 5.91 Å². The summed E-state index contributed by atoms with van der Waals surface area (Å²) in [6.07, 6.45) is 5.60. The van der Waals surface area contributed by atoms with Crippen LogP contribution < -0.4 is 0 Å². The third kappa shape index (κ3) is 4.21. The summed E-state index contributed by atoms with van der Waals surface area (Å²) in [6.45, 7) is 2.58. The topological polar surface area (TPSA) is 49.9 Å². The number of esters is 1. The molecule has 1 heterocycles. The molecule has 1 saturated carbocycles. The van der Waals surface area contributed by atoms with Crippen molar-refractivity contribution in [1.82, 2.24) is 9.80 Å². The van der Waals surface area contributed by atoms with Crippen LogP contribution >= 0.6 is 11.6 Å². The standard InChI is InChI=1S/C20H27ClN2O3/c1-26-20(25)18(16-9-5-6-10-17(16)21)22-11-13-23(14-12-22)19(24)15-7-3-2-4-8-15/h5-6,9-10,15,18H,2-4,7-8,11-14H2,1H3/t18-/m1/s1. The van der Waals surface area contributed by atoms with E-state index in [9.17, 15) is 9.59 Å². The van der Waals surface area contributed by atoms with Gasteiger partial charge in [-0.15, -0.1) is 0 Å². The summed E-state index contributed by atoms with van der Waals surface area (Å²) in [5.41, 5.74) is 0.757. The van der Waals surface area contributed by atoms with Crippen molar-refractivity contribution in [2.24, 2.45) is 5.92 Å². The van der Waals surface area contributed by atoms with Crippen LogP contribution in [0, 0.1) is 5.92 Å². The Kier molecular flexibility index (Phi) is 6.54. The lowest BCUT2D eigenvalue weighted by molar-refractivity contribution is -0.149. The number of methoxy groups -OCH3 is 1. The second kappa shape index (κ2) is 8.87. The maximum atomic E-state index is 12.7. The Hall–Kier alpha value is -1.59. The molecule has 0 radical (unpaired) electrons. The number of amides is 1. The molecule has 0 aromatic heterocycles. The summed E-state index contributed by atoms with van der Waals surface area (Å²) in [6, 6.07) is 6.85. The number of hydrogen-bond acceptors (Lipinski definition) is 4. The molecule has 26 heavy (non-hydrogen) atoms. The number of ether oxygens (including phenoxy) is 1. The molecule has 1 saturated heterocycles. The molecule has 6 heteroatoms. The first-order valence-corrected chi connectivity index (χ1v) is 9.84. The quantitative estimate of drug-likeness (QED) is 0.754. The van der Waals surface area contributed by atoms with Crippen molar-refractivity contribution >= 4 is 23.5 Å². The van der Waals surface area contributed by atoms with E-state index in [0.29, 0.717) is 31.2 Å². The Bertz CT molecular complexity index is 638. The maximum Gasteiger partial charge on any atom is 0.327 e. The van der Waals surface area contributed by atoms with Crippen LogP contribution in [0.25, 0.3) is 0 Å². The van der Waals surface area contributed by atoms with Crippen LogP contribution in [0.2, 0.25) is 5.02 Å². The molecule has 1 aromatic carbocycles. The van der Waals surface area contributed by atoms with Gasteiger partial charge in [0.05, 0.1) is 7.11 Å². The zero-order valence-corrected chi connectivity index (χ0v) is 16.1. The van der Waals surface area contributed by atoms with Gasteiger partial charge in [-0.1, -0.05) is 49.1 Å². The summed E-state index contributed by atoms with van der Waals surface area (Å²) in [5, 5.41) is 0.559. The molecule has 0 unspecified atom stereocenters.